The molecule has 0 saturated carbocycles. The molecule has 0 amide bonds. The van der Waals surface area contributed by atoms with Crippen molar-refractivity contribution in [2.24, 2.45) is 0 Å². The number of hydrogen-bond acceptors (Lipinski definition) is 4. The molecular weight excluding hydrogens is 256 g/mol. The number of halogens is 1. The van der Waals surface area contributed by atoms with Gasteiger partial charge < -0.3 is 9.84 Å². The van der Waals surface area contributed by atoms with Gasteiger partial charge in [-0.2, -0.15) is 0 Å². The van der Waals surface area contributed by atoms with Gasteiger partial charge in [-0.3, -0.25) is 0 Å². The minimum atomic E-state index is -3.79. The monoisotopic (exact) mass is 262 g/mol. The van der Waals surface area contributed by atoms with E-state index in [9.17, 15) is 13.2 Å². The number of ether oxygens (including phenoxy) is 1. The van der Waals surface area contributed by atoms with E-state index in [1.54, 1.807) is 0 Å². The first-order valence-electron chi connectivity index (χ1n) is 4.35. The van der Waals surface area contributed by atoms with Crippen LogP contribution in [0.2, 0.25) is 0 Å². The average molecular weight is 263 g/mol. The van der Waals surface area contributed by atoms with Gasteiger partial charge in [0.05, 0.1) is 4.90 Å². The molecule has 0 spiro atoms. The summed E-state index contributed by atoms with van der Waals surface area (Å²) < 4.78 is 27.2. The fourth-order valence-corrected chi connectivity index (χ4v) is 2.32. The molecule has 0 saturated heterocycles. The summed E-state index contributed by atoms with van der Waals surface area (Å²) >= 11 is 0. The molecule has 16 heavy (non-hydrogen) atoms. The Labute approximate surface area is 96.0 Å². The lowest BCUT2D eigenvalue weighted by Crippen LogP contribution is -2.24. The van der Waals surface area contributed by atoms with Crippen molar-refractivity contribution >= 4 is 25.7 Å². The maximum absolute atomic E-state index is 11.1. The summed E-state index contributed by atoms with van der Waals surface area (Å²) in [5.74, 6) is -0.692. The van der Waals surface area contributed by atoms with Gasteiger partial charge in [-0.15, -0.1) is 0 Å². The predicted octanol–water partition coefficient (Wildman–Crippen LogP) is 1.00. The zero-order valence-corrected chi connectivity index (χ0v) is 9.46. The molecule has 1 aliphatic heterocycles. The average Bonchev–Trinajstić information content (AvgIpc) is 2.58. The first kappa shape index (κ1) is 11.2. The third-order valence-electron chi connectivity index (χ3n) is 2.26. The van der Waals surface area contributed by atoms with Crippen LogP contribution < -0.4 is 4.74 Å². The summed E-state index contributed by atoms with van der Waals surface area (Å²) in [6.45, 7) is 0. The van der Waals surface area contributed by atoms with Crippen LogP contribution in [-0.4, -0.2) is 25.6 Å². The fourth-order valence-electron chi connectivity index (χ4n) is 1.51. The van der Waals surface area contributed by atoms with Crippen LogP contribution in [0.15, 0.2) is 23.1 Å². The highest BCUT2D eigenvalue weighted by Gasteiger charge is 2.29. The molecule has 0 aromatic heterocycles. The van der Waals surface area contributed by atoms with E-state index >= 15 is 0 Å². The van der Waals surface area contributed by atoms with E-state index in [0.717, 1.165) is 0 Å². The van der Waals surface area contributed by atoms with Crippen molar-refractivity contribution < 1.29 is 23.1 Å². The number of benzene rings is 1. The van der Waals surface area contributed by atoms with E-state index in [0.29, 0.717) is 11.3 Å². The molecule has 5 nitrogen and oxygen atoms in total. The minimum absolute atomic E-state index is 0.0532. The van der Waals surface area contributed by atoms with Gasteiger partial charge in [0.15, 0.2) is 6.10 Å². The lowest BCUT2D eigenvalue weighted by Gasteiger charge is -2.03. The van der Waals surface area contributed by atoms with Crippen molar-refractivity contribution in [2.45, 2.75) is 17.4 Å². The van der Waals surface area contributed by atoms with Crippen LogP contribution in [0.4, 0.5) is 0 Å². The third kappa shape index (κ3) is 1.98. The Morgan fingerprint density at radius 1 is 1.50 bits per heavy atom. The van der Waals surface area contributed by atoms with Gasteiger partial charge in [0.2, 0.25) is 0 Å². The lowest BCUT2D eigenvalue weighted by atomic mass is 10.1. The summed E-state index contributed by atoms with van der Waals surface area (Å²) in [5.41, 5.74) is 0.536. The number of carbonyl (C=O) groups is 1. The van der Waals surface area contributed by atoms with E-state index in [-0.39, 0.29) is 11.3 Å². The summed E-state index contributed by atoms with van der Waals surface area (Å²) in [5, 5.41) is 8.75. The second kappa shape index (κ2) is 3.64. The highest BCUT2D eigenvalue weighted by atomic mass is 35.7. The SMILES string of the molecule is O=C(O)C1Cc2cc(S(=O)(=O)Cl)ccc2O1. The van der Waals surface area contributed by atoms with Crippen molar-refractivity contribution in [3.63, 3.8) is 0 Å². The van der Waals surface area contributed by atoms with Gasteiger partial charge in [0.25, 0.3) is 9.05 Å². The zero-order valence-electron chi connectivity index (χ0n) is 7.88. The number of aliphatic carboxylic acids is 1. The third-order valence-corrected chi connectivity index (χ3v) is 3.61. The molecule has 2 rings (SSSR count). The Morgan fingerprint density at radius 3 is 2.75 bits per heavy atom. The Bertz CT molecular complexity index is 551. The van der Waals surface area contributed by atoms with Crippen molar-refractivity contribution in [2.75, 3.05) is 0 Å². The molecule has 0 bridgehead atoms. The van der Waals surface area contributed by atoms with E-state index in [2.05, 4.69) is 0 Å². The number of carboxylic acids is 1. The molecule has 1 atom stereocenters. The Hall–Kier alpha value is -1.27. The molecule has 1 unspecified atom stereocenters. The molecule has 1 aromatic carbocycles. The quantitative estimate of drug-likeness (QED) is 0.805. The molecule has 0 radical (unpaired) electrons. The Morgan fingerprint density at radius 2 is 2.19 bits per heavy atom. The molecule has 1 heterocycles. The smallest absolute Gasteiger partial charge is 0.345 e. The summed E-state index contributed by atoms with van der Waals surface area (Å²) in [7, 11) is 1.38. The predicted molar refractivity (Wildman–Crippen MR) is 55.2 cm³/mol. The molecular formula is C9H7ClO5S. The summed E-state index contributed by atoms with van der Waals surface area (Å²) in [6, 6.07) is 4.03. The molecule has 0 aliphatic carbocycles. The van der Waals surface area contributed by atoms with Crippen LogP contribution in [0, 0.1) is 0 Å². The molecule has 7 heteroatoms. The molecule has 86 valence electrons. The first-order chi connectivity index (χ1) is 7.38. The van der Waals surface area contributed by atoms with E-state index in [4.69, 9.17) is 20.5 Å². The van der Waals surface area contributed by atoms with E-state index in [1.165, 1.54) is 18.2 Å². The van der Waals surface area contributed by atoms with Crippen molar-refractivity contribution in [3.8, 4) is 5.75 Å². The van der Waals surface area contributed by atoms with Crippen molar-refractivity contribution in [3.05, 3.63) is 23.8 Å². The topological polar surface area (TPSA) is 80.7 Å². The molecule has 1 N–H and O–H groups in total. The largest absolute Gasteiger partial charge is 0.478 e. The van der Waals surface area contributed by atoms with Crippen LogP contribution in [-0.2, 0) is 20.3 Å². The number of carboxylic acid groups (broad SMARTS) is 1. The highest BCUT2D eigenvalue weighted by Crippen LogP contribution is 2.31. The summed E-state index contributed by atoms with van der Waals surface area (Å²) in [4.78, 5) is 10.6. The van der Waals surface area contributed by atoms with Gasteiger partial charge in [-0.25, -0.2) is 13.2 Å². The van der Waals surface area contributed by atoms with Crippen LogP contribution in [0.3, 0.4) is 0 Å². The second-order valence-corrected chi connectivity index (χ2v) is 5.92. The highest BCUT2D eigenvalue weighted by molar-refractivity contribution is 8.13. The number of hydrogen-bond donors (Lipinski definition) is 1. The van der Waals surface area contributed by atoms with Crippen LogP contribution in [0.1, 0.15) is 5.56 Å². The Kier molecular flexibility index (Phi) is 2.55. The zero-order chi connectivity index (χ0) is 11.9. The van der Waals surface area contributed by atoms with Crippen LogP contribution in [0.25, 0.3) is 0 Å². The van der Waals surface area contributed by atoms with Gasteiger partial charge in [-0.05, 0) is 23.8 Å². The van der Waals surface area contributed by atoms with Gasteiger partial charge in [-0.1, -0.05) is 0 Å². The van der Waals surface area contributed by atoms with Gasteiger partial charge in [0, 0.05) is 17.1 Å². The molecule has 0 fully saturated rings. The Balaban J connectivity index is 2.39. The second-order valence-electron chi connectivity index (χ2n) is 3.36. The summed E-state index contributed by atoms with van der Waals surface area (Å²) in [6.07, 6.45) is -0.812. The van der Waals surface area contributed by atoms with Crippen molar-refractivity contribution in [1.82, 2.24) is 0 Å². The van der Waals surface area contributed by atoms with Gasteiger partial charge >= 0.3 is 5.97 Å². The standard InChI is InChI=1S/C9H7ClO5S/c10-16(13,14)6-1-2-7-5(3-6)4-8(15-7)9(11)12/h1-3,8H,4H2,(H,11,12). The van der Waals surface area contributed by atoms with E-state index < -0.39 is 21.1 Å². The van der Waals surface area contributed by atoms with E-state index in [1.807, 2.05) is 0 Å². The lowest BCUT2D eigenvalue weighted by molar-refractivity contribution is -0.144. The van der Waals surface area contributed by atoms with Crippen molar-refractivity contribution in [1.29, 1.82) is 0 Å². The maximum atomic E-state index is 11.1. The minimum Gasteiger partial charge on any atom is -0.478 e. The fraction of sp³-hybridized carbons (Fsp3) is 0.222. The van der Waals surface area contributed by atoms with Crippen LogP contribution >= 0.6 is 10.7 Å². The molecule has 1 aromatic rings. The maximum Gasteiger partial charge on any atom is 0.345 e. The first-order valence-corrected chi connectivity index (χ1v) is 6.66. The van der Waals surface area contributed by atoms with Gasteiger partial charge in [0.1, 0.15) is 5.75 Å². The van der Waals surface area contributed by atoms with Crippen LogP contribution in [0.5, 0.6) is 5.75 Å². The number of rotatable bonds is 2. The number of fused-ring (bicyclic) bond motifs is 1. The molecule has 1 aliphatic rings. The normalized spacial score (nSPS) is 18.9.